The summed E-state index contributed by atoms with van der Waals surface area (Å²) in [5, 5.41) is 2.65. The van der Waals surface area contributed by atoms with Crippen LogP contribution in [0.25, 0.3) is 0 Å². The van der Waals surface area contributed by atoms with Crippen molar-refractivity contribution in [3.05, 3.63) is 70.9 Å². The van der Waals surface area contributed by atoms with Gasteiger partial charge in [-0.15, -0.1) is 0 Å². The third-order valence-corrected chi connectivity index (χ3v) is 8.44. The number of esters is 1. The van der Waals surface area contributed by atoms with Crippen molar-refractivity contribution >= 4 is 17.8 Å². The van der Waals surface area contributed by atoms with Gasteiger partial charge in [0.2, 0.25) is 11.8 Å². The number of ether oxygens (including phenoxy) is 3. The van der Waals surface area contributed by atoms with E-state index in [4.69, 9.17) is 14.2 Å². The molecule has 1 aliphatic heterocycles. The summed E-state index contributed by atoms with van der Waals surface area (Å²) in [4.78, 5) is 42.2. The van der Waals surface area contributed by atoms with Gasteiger partial charge in [-0.2, -0.15) is 13.2 Å². The molecule has 2 atom stereocenters. The first-order chi connectivity index (χ1) is 20.7. The molecule has 2 amide bonds. The van der Waals surface area contributed by atoms with E-state index in [0.717, 1.165) is 17.7 Å². The molecule has 0 aromatic heterocycles. The minimum atomic E-state index is -4.50. The van der Waals surface area contributed by atoms with Gasteiger partial charge in [0.25, 0.3) is 0 Å². The molecule has 4 rings (SSSR count). The Kier molecular flexibility index (Phi) is 9.65. The summed E-state index contributed by atoms with van der Waals surface area (Å²) in [5.74, 6) is -0.967. The van der Waals surface area contributed by atoms with E-state index in [2.05, 4.69) is 5.32 Å². The van der Waals surface area contributed by atoms with Gasteiger partial charge in [0.15, 0.2) is 11.5 Å². The molecule has 2 aromatic carbocycles. The maximum absolute atomic E-state index is 14.0. The molecule has 0 bridgehead atoms. The van der Waals surface area contributed by atoms with Crippen molar-refractivity contribution in [1.82, 2.24) is 10.2 Å². The van der Waals surface area contributed by atoms with Crippen LogP contribution in [0.1, 0.15) is 56.2 Å². The number of carbonyl (C=O) groups is 3. The highest BCUT2D eigenvalue weighted by Crippen LogP contribution is 2.54. The van der Waals surface area contributed by atoms with Gasteiger partial charge < -0.3 is 24.4 Å². The van der Waals surface area contributed by atoms with E-state index in [1.165, 1.54) is 26.4 Å². The van der Waals surface area contributed by atoms with Gasteiger partial charge in [0.1, 0.15) is 5.41 Å². The predicted octanol–water partition coefficient (Wildman–Crippen LogP) is 5.68. The molecule has 1 heterocycles. The molecule has 0 radical (unpaired) electrons. The standard InChI is InChI=1S/C33H39F3N2O6/c1-31(2)13-11-27-32(20-31,30(41)44-5)18-23(17-28(39)37-19-22-7-6-8-24(15-22)33(34,35)36)29(40)38(27)14-12-21-9-10-25(42-3)26(16-21)43-4/h6-11,15-16,23H,12-14,17-20H2,1-5H3,(H,37,39)/t23-,32-/m1/s1. The summed E-state index contributed by atoms with van der Waals surface area (Å²) in [5.41, 5.74) is -0.440. The van der Waals surface area contributed by atoms with Gasteiger partial charge in [-0.1, -0.05) is 38.1 Å². The summed E-state index contributed by atoms with van der Waals surface area (Å²) in [6.45, 7) is 4.22. The smallest absolute Gasteiger partial charge is 0.416 e. The average Bonchev–Trinajstić information content (AvgIpc) is 2.98. The fourth-order valence-corrected chi connectivity index (χ4v) is 6.42. The van der Waals surface area contributed by atoms with Crippen LogP contribution in [0.15, 0.2) is 54.2 Å². The Bertz CT molecular complexity index is 1440. The number of hydrogen-bond acceptors (Lipinski definition) is 6. The second-order valence-corrected chi connectivity index (χ2v) is 12.2. The number of likely N-dealkylation sites (tertiary alicyclic amines) is 1. The van der Waals surface area contributed by atoms with Crippen molar-refractivity contribution in [3.63, 3.8) is 0 Å². The lowest BCUT2D eigenvalue weighted by atomic mass is 9.59. The number of nitrogens with one attached hydrogen (secondary N) is 1. The van der Waals surface area contributed by atoms with E-state index >= 15 is 0 Å². The first-order valence-corrected chi connectivity index (χ1v) is 14.5. The molecule has 0 unspecified atom stereocenters. The summed E-state index contributed by atoms with van der Waals surface area (Å²) in [6.07, 6.45) is -1.16. The Balaban J connectivity index is 1.59. The molecule has 238 valence electrons. The van der Waals surface area contributed by atoms with Crippen LogP contribution in [0, 0.1) is 16.7 Å². The van der Waals surface area contributed by atoms with Crippen LogP contribution in [0.5, 0.6) is 11.5 Å². The summed E-state index contributed by atoms with van der Waals surface area (Å²) < 4.78 is 55.5. The van der Waals surface area contributed by atoms with E-state index < -0.39 is 34.9 Å². The molecule has 8 nitrogen and oxygen atoms in total. The fourth-order valence-electron chi connectivity index (χ4n) is 6.42. The Morgan fingerprint density at radius 3 is 2.41 bits per heavy atom. The first-order valence-electron chi connectivity index (χ1n) is 14.5. The summed E-state index contributed by atoms with van der Waals surface area (Å²) >= 11 is 0. The molecular formula is C33H39F3N2O6. The molecule has 1 saturated heterocycles. The number of benzene rings is 2. The van der Waals surface area contributed by atoms with Crippen molar-refractivity contribution in [3.8, 4) is 11.5 Å². The summed E-state index contributed by atoms with van der Waals surface area (Å²) in [6, 6.07) is 10.2. The third kappa shape index (κ3) is 7.03. The van der Waals surface area contributed by atoms with Crippen LogP contribution < -0.4 is 14.8 Å². The molecule has 2 aliphatic rings. The van der Waals surface area contributed by atoms with Crippen molar-refractivity contribution in [2.45, 2.75) is 58.7 Å². The Morgan fingerprint density at radius 1 is 1.02 bits per heavy atom. The van der Waals surface area contributed by atoms with Crippen LogP contribution in [0.3, 0.4) is 0 Å². The molecule has 0 spiro atoms. The van der Waals surface area contributed by atoms with Crippen LogP contribution in [0.2, 0.25) is 0 Å². The van der Waals surface area contributed by atoms with Gasteiger partial charge in [-0.05, 0) is 66.5 Å². The van der Waals surface area contributed by atoms with Crippen molar-refractivity contribution in [1.29, 1.82) is 0 Å². The van der Waals surface area contributed by atoms with E-state index in [1.54, 1.807) is 18.1 Å². The molecular weight excluding hydrogens is 577 g/mol. The van der Waals surface area contributed by atoms with Gasteiger partial charge in [-0.25, -0.2) is 0 Å². The fraction of sp³-hybridized carbons (Fsp3) is 0.485. The minimum absolute atomic E-state index is 0.0948. The van der Waals surface area contributed by atoms with E-state index in [1.807, 2.05) is 32.1 Å². The number of fused-ring (bicyclic) bond motifs is 1. The summed E-state index contributed by atoms with van der Waals surface area (Å²) in [7, 11) is 4.40. The molecule has 1 N–H and O–H groups in total. The zero-order valence-electron chi connectivity index (χ0n) is 25.7. The average molecular weight is 617 g/mol. The van der Waals surface area contributed by atoms with Gasteiger partial charge in [0.05, 0.1) is 26.9 Å². The topological polar surface area (TPSA) is 94.2 Å². The zero-order chi connectivity index (χ0) is 32.3. The minimum Gasteiger partial charge on any atom is -0.493 e. The van der Waals surface area contributed by atoms with Crippen molar-refractivity contribution in [2.75, 3.05) is 27.9 Å². The number of hydrogen-bond donors (Lipinski definition) is 1. The highest BCUT2D eigenvalue weighted by atomic mass is 19.4. The second kappa shape index (κ2) is 12.9. The van der Waals surface area contributed by atoms with Crippen molar-refractivity contribution < 1.29 is 41.8 Å². The predicted molar refractivity (Wildman–Crippen MR) is 157 cm³/mol. The number of carbonyl (C=O) groups excluding carboxylic acids is 3. The molecule has 11 heteroatoms. The molecule has 44 heavy (non-hydrogen) atoms. The number of amides is 2. The SMILES string of the molecule is COC(=O)[C@@]12C[C@@H](CC(=O)NCc3cccc(C(F)(F)F)c3)C(=O)N(CCc3ccc(OC)c(OC)c3)C1=CCC(C)(C)C2. The third-order valence-electron chi connectivity index (χ3n) is 8.44. The van der Waals surface area contributed by atoms with Gasteiger partial charge in [-0.3, -0.25) is 14.4 Å². The quantitative estimate of drug-likeness (QED) is 0.345. The largest absolute Gasteiger partial charge is 0.493 e. The lowest BCUT2D eigenvalue weighted by Crippen LogP contribution is -2.56. The van der Waals surface area contributed by atoms with Gasteiger partial charge >= 0.3 is 12.1 Å². The number of methoxy groups -OCH3 is 3. The molecule has 1 fully saturated rings. The van der Waals surface area contributed by atoms with Crippen LogP contribution in [0.4, 0.5) is 13.2 Å². The van der Waals surface area contributed by atoms with E-state index in [0.29, 0.717) is 36.5 Å². The Morgan fingerprint density at radius 2 is 1.75 bits per heavy atom. The zero-order valence-corrected chi connectivity index (χ0v) is 25.7. The number of allylic oxidation sites excluding steroid dienone is 1. The highest BCUT2D eigenvalue weighted by molar-refractivity contribution is 5.92. The number of rotatable bonds is 10. The first kappa shape index (κ1) is 32.9. The molecule has 2 aromatic rings. The van der Waals surface area contributed by atoms with E-state index in [9.17, 15) is 27.6 Å². The van der Waals surface area contributed by atoms with Crippen LogP contribution >= 0.6 is 0 Å². The second-order valence-electron chi connectivity index (χ2n) is 12.2. The highest BCUT2D eigenvalue weighted by Gasteiger charge is 2.57. The Labute approximate surface area is 255 Å². The molecule has 0 saturated carbocycles. The maximum Gasteiger partial charge on any atom is 0.416 e. The normalized spacial score (nSPS) is 21.2. The maximum atomic E-state index is 14.0. The lowest BCUT2D eigenvalue weighted by molar-refractivity contribution is -0.162. The Hall–Kier alpha value is -4.02. The lowest BCUT2D eigenvalue weighted by Gasteiger charge is -2.51. The number of halogens is 3. The number of piperidine rings is 1. The molecule has 1 aliphatic carbocycles. The van der Waals surface area contributed by atoms with Gasteiger partial charge in [0, 0.05) is 31.1 Å². The van der Waals surface area contributed by atoms with Crippen molar-refractivity contribution in [2.24, 2.45) is 16.7 Å². The van der Waals surface area contributed by atoms with Crippen LogP contribution in [-0.4, -0.2) is 50.6 Å². The number of alkyl halides is 3. The van der Waals surface area contributed by atoms with E-state index in [-0.39, 0.29) is 42.8 Å². The number of nitrogens with zero attached hydrogens (tertiary/aromatic N) is 1. The van der Waals surface area contributed by atoms with Crippen LogP contribution in [-0.2, 0) is 38.3 Å². The monoisotopic (exact) mass is 616 g/mol.